The Morgan fingerprint density at radius 1 is 1.13 bits per heavy atom. The van der Waals surface area contributed by atoms with Crippen LogP contribution in [0.15, 0.2) is 24.3 Å². The predicted octanol–water partition coefficient (Wildman–Crippen LogP) is 5.61. The summed E-state index contributed by atoms with van der Waals surface area (Å²) in [6.07, 6.45) is 5.89. The predicted molar refractivity (Wildman–Crippen MR) is 98.5 cm³/mol. The molecule has 0 bridgehead atoms. The number of hydrogen-bond donors (Lipinski definition) is 0. The van der Waals surface area contributed by atoms with Crippen molar-refractivity contribution in [2.45, 2.75) is 57.7 Å². The Labute approximate surface area is 148 Å². The van der Waals surface area contributed by atoms with Gasteiger partial charge in [-0.1, -0.05) is 49.5 Å². The van der Waals surface area contributed by atoms with Crippen molar-refractivity contribution in [2.75, 3.05) is 13.2 Å². The van der Waals surface area contributed by atoms with Crippen molar-refractivity contribution in [1.82, 2.24) is 0 Å². The van der Waals surface area contributed by atoms with Crippen molar-refractivity contribution < 1.29 is 14.3 Å². The molecule has 0 saturated carbocycles. The van der Waals surface area contributed by atoms with Gasteiger partial charge in [0.05, 0.1) is 18.8 Å². The van der Waals surface area contributed by atoms with Gasteiger partial charge in [-0.05, 0) is 49.4 Å². The summed E-state index contributed by atoms with van der Waals surface area (Å²) in [5.74, 6) is 0.866. The highest BCUT2D eigenvalue weighted by Gasteiger charge is 2.08. The summed E-state index contributed by atoms with van der Waals surface area (Å²) in [4.78, 5) is 12.4. The van der Waals surface area contributed by atoms with Crippen LogP contribution in [0.2, 0.25) is 0 Å². The molecule has 0 amide bonds. The Balaban J connectivity index is 2.27. The van der Waals surface area contributed by atoms with E-state index in [2.05, 4.69) is 22.9 Å². The third kappa shape index (κ3) is 8.99. The van der Waals surface area contributed by atoms with Gasteiger partial charge in [0.2, 0.25) is 0 Å². The minimum atomic E-state index is -0.275. The highest BCUT2D eigenvalue weighted by molar-refractivity contribution is 9.09. The molecule has 0 aromatic heterocycles. The maximum atomic E-state index is 11.8. The van der Waals surface area contributed by atoms with Gasteiger partial charge in [-0.15, -0.1) is 0 Å². The Morgan fingerprint density at radius 2 is 1.78 bits per heavy atom. The van der Waals surface area contributed by atoms with Gasteiger partial charge in [-0.2, -0.15) is 0 Å². The van der Waals surface area contributed by atoms with Gasteiger partial charge < -0.3 is 9.47 Å². The zero-order valence-corrected chi connectivity index (χ0v) is 16.1. The van der Waals surface area contributed by atoms with Crippen LogP contribution in [-0.2, 0) is 4.74 Å². The average molecular weight is 385 g/mol. The lowest BCUT2D eigenvalue weighted by Crippen LogP contribution is -2.10. The molecule has 1 atom stereocenters. The summed E-state index contributed by atoms with van der Waals surface area (Å²) >= 11 is 3.71. The summed E-state index contributed by atoms with van der Waals surface area (Å²) < 4.78 is 10.9. The van der Waals surface area contributed by atoms with Crippen LogP contribution >= 0.6 is 15.9 Å². The standard InChI is InChI=1S/C19H29BrO3/c1-4-5-7-17(20)8-6-13-22-18-11-9-16(10-12-18)19(21)23-14-15(2)3/h9-12,15,17H,4-8,13-14H2,1-3H3. The lowest BCUT2D eigenvalue weighted by Gasteiger charge is -2.10. The number of ether oxygens (including phenoxy) is 2. The van der Waals surface area contributed by atoms with Crippen molar-refractivity contribution in [3.63, 3.8) is 0 Å². The summed E-state index contributed by atoms with van der Waals surface area (Å²) in [5.41, 5.74) is 0.568. The number of carbonyl (C=O) groups excluding carboxylic acids is 1. The Hall–Kier alpha value is -1.03. The molecule has 1 aromatic rings. The fourth-order valence-electron chi connectivity index (χ4n) is 2.08. The zero-order valence-electron chi connectivity index (χ0n) is 14.5. The van der Waals surface area contributed by atoms with Crippen molar-refractivity contribution in [3.05, 3.63) is 29.8 Å². The van der Waals surface area contributed by atoms with E-state index in [1.54, 1.807) is 12.1 Å². The molecule has 0 saturated heterocycles. The van der Waals surface area contributed by atoms with Gasteiger partial charge in [0.1, 0.15) is 5.75 Å². The molecule has 0 aliphatic heterocycles. The average Bonchev–Trinajstić information content (AvgIpc) is 2.55. The molecule has 1 aromatic carbocycles. The first-order valence-electron chi connectivity index (χ1n) is 8.57. The molecule has 0 fully saturated rings. The first-order chi connectivity index (χ1) is 11.0. The maximum Gasteiger partial charge on any atom is 0.338 e. The van der Waals surface area contributed by atoms with Crippen LogP contribution in [-0.4, -0.2) is 24.0 Å². The topological polar surface area (TPSA) is 35.5 Å². The molecular weight excluding hydrogens is 356 g/mol. The van der Waals surface area contributed by atoms with Crippen molar-refractivity contribution in [3.8, 4) is 5.75 Å². The smallest absolute Gasteiger partial charge is 0.338 e. The van der Waals surface area contributed by atoms with Crippen molar-refractivity contribution >= 4 is 21.9 Å². The molecule has 0 spiro atoms. The molecule has 1 rings (SSSR count). The van der Waals surface area contributed by atoms with Crippen LogP contribution in [0.3, 0.4) is 0 Å². The van der Waals surface area contributed by atoms with E-state index in [0.29, 0.717) is 29.5 Å². The Morgan fingerprint density at radius 3 is 2.39 bits per heavy atom. The molecule has 0 radical (unpaired) electrons. The van der Waals surface area contributed by atoms with Gasteiger partial charge >= 0.3 is 5.97 Å². The molecule has 130 valence electrons. The minimum absolute atomic E-state index is 0.275. The van der Waals surface area contributed by atoms with Gasteiger partial charge in [0, 0.05) is 4.83 Å². The van der Waals surface area contributed by atoms with E-state index in [0.717, 1.165) is 18.6 Å². The number of benzene rings is 1. The van der Waals surface area contributed by atoms with Crippen molar-refractivity contribution in [1.29, 1.82) is 0 Å². The second-order valence-electron chi connectivity index (χ2n) is 6.25. The molecule has 3 nitrogen and oxygen atoms in total. The van der Waals surface area contributed by atoms with E-state index < -0.39 is 0 Å². The first kappa shape index (κ1) is 20.0. The number of esters is 1. The van der Waals surface area contributed by atoms with Crippen LogP contribution in [0.25, 0.3) is 0 Å². The molecule has 0 aliphatic rings. The molecular formula is C19H29BrO3. The Bertz CT molecular complexity index is 442. The highest BCUT2D eigenvalue weighted by atomic mass is 79.9. The second-order valence-corrected chi connectivity index (χ2v) is 7.54. The molecule has 0 N–H and O–H groups in total. The fraction of sp³-hybridized carbons (Fsp3) is 0.632. The Kier molecular flexibility index (Phi) is 10.0. The van der Waals surface area contributed by atoms with Gasteiger partial charge in [-0.3, -0.25) is 0 Å². The number of carbonyl (C=O) groups is 1. The number of rotatable bonds is 11. The van der Waals surface area contributed by atoms with Crippen LogP contribution in [0, 0.1) is 5.92 Å². The highest BCUT2D eigenvalue weighted by Crippen LogP contribution is 2.17. The van der Waals surface area contributed by atoms with Gasteiger partial charge in [0.15, 0.2) is 0 Å². The molecule has 23 heavy (non-hydrogen) atoms. The third-order valence-electron chi connectivity index (χ3n) is 3.44. The number of halogens is 1. The fourth-order valence-corrected chi connectivity index (χ4v) is 2.73. The van der Waals surface area contributed by atoms with E-state index in [1.165, 1.54) is 19.3 Å². The number of hydrogen-bond acceptors (Lipinski definition) is 3. The minimum Gasteiger partial charge on any atom is -0.494 e. The van der Waals surface area contributed by atoms with E-state index >= 15 is 0 Å². The van der Waals surface area contributed by atoms with Crippen LogP contribution in [0.4, 0.5) is 0 Å². The summed E-state index contributed by atoms with van der Waals surface area (Å²) in [6.45, 7) is 7.40. The third-order valence-corrected chi connectivity index (χ3v) is 4.35. The van der Waals surface area contributed by atoms with Crippen LogP contribution in [0.5, 0.6) is 5.75 Å². The van der Waals surface area contributed by atoms with E-state index in [-0.39, 0.29) is 5.97 Å². The van der Waals surface area contributed by atoms with Crippen molar-refractivity contribution in [2.24, 2.45) is 5.92 Å². The van der Waals surface area contributed by atoms with Gasteiger partial charge in [-0.25, -0.2) is 4.79 Å². The SMILES string of the molecule is CCCCC(Br)CCCOc1ccc(C(=O)OCC(C)C)cc1. The van der Waals surface area contributed by atoms with Crippen LogP contribution < -0.4 is 4.74 Å². The zero-order chi connectivity index (χ0) is 17.1. The van der Waals surface area contributed by atoms with E-state index in [1.807, 2.05) is 26.0 Å². The van der Waals surface area contributed by atoms with E-state index in [9.17, 15) is 4.79 Å². The number of alkyl halides is 1. The normalized spacial score (nSPS) is 12.2. The first-order valence-corrected chi connectivity index (χ1v) is 9.48. The van der Waals surface area contributed by atoms with Gasteiger partial charge in [0.25, 0.3) is 0 Å². The quantitative estimate of drug-likeness (QED) is 0.282. The second kappa shape index (κ2) is 11.5. The molecule has 1 unspecified atom stereocenters. The molecule has 0 aliphatic carbocycles. The lowest BCUT2D eigenvalue weighted by atomic mass is 10.1. The monoisotopic (exact) mass is 384 g/mol. The summed E-state index contributed by atoms with van der Waals surface area (Å²) in [5, 5.41) is 0. The largest absolute Gasteiger partial charge is 0.494 e. The molecule has 4 heteroatoms. The molecule has 0 heterocycles. The van der Waals surface area contributed by atoms with E-state index in [4.69, 9.17) is 9.47 Å². The maximum absolute atomic E-state index is 11.8. The summed E-state index contributed by atoms with van der Waals surface area (Å²) in [6, 6.07) is 7.17. The summed E-state index contributed by atoms with van der Waals surface area (Å²) in [7, 11) is 0. The van der Waals surface area contributed by atoms with Crippen LogP contribution in [0.1, 0.15) is 63.2 Å². The number of unbranched alkanes of at least 4 members (excludes halogenated alkanes) is 1. The lowest BCUT2D eigenvalue weighted by molar-refractivity contribution is 0.0459.